The fraction of sp³-hybridized carbons (Fsp3) is 0.294. The van der Waals surface area contributed by atoms with E-state index < -0.39 is 0 Å². The van der Waals surface area contributed by atoms with Crippen LogP contribution >= 0.6 is 0 Å². The highest BCUT2D eigenvalue weighted by molar-refractivity contribution is 5.95. The maximum absolute atomic E-state index is 13.6. The Morgan fingerprint density at radius 1 is 1.23 bits per heavy atom. The van der Waals surface area contributed by atoms with Crippen LogP contribution in [0.25, 0.3) is 11.1 Å². The second-order valence-electron chi connectivity index (χ2n) is 5.56. The molecular weight excluding hydrogens is 281 g/mol. The van der Waals surface area contributed by atoms with Crippen molar-refractivity contribution >= 4 is 11.6 Å². The van der Waals surface area contributed by atoms with Gasteiger partial charge in [0.15, 0.2) is 0 Å². The molecule has 0 fully saturated rings. The minimum absolute atomic E-state index is 0.0590. The molecule has 22 heavy (non-hydrogen) atoms. The molecule has 0 spiro atoms. The summed E-state index contributed by atoms with van der Waals surface area (Å²) in [6.07, 6.45) is 4.53. The highest BCUT2D eigenvalue weighted by atomic mass is 19.1. The molecule has 2 bridgehead atoms. The number of nitrogens with two attached hydrogens (primary N) is 1. The molecule has 0 saturated heterocycles. The summed E-state index contributed by atoms with van der Waals surface area (Å²) >= 11 is 0. The predicted molar refractivity (Wildman–Crippen MR) is 83.7 cm³/mol. The number of benzene rings is 1. The third-order valence-corrected chi connectivity index (χ3v) is 3.90. The molecule has 1 aromatic carbocycles. The highest BCUT2D eigenvalue weighted by Crippen LogP contribution is 2.31. The zero-order chi connectivity index (χ0) is 15.5. The quantitative estimate of drug-likeness (QED) is 0.783. The number of pyridine rings is 1. The summed E-state index contributed by atoms with van der Waals surface area (Å²) in [5.74, 6) is -0.404. The van der Waals surface area contributed by atoms with Crippen LogP contribution in [-0.4, -0.2) is 10.9 Å². The maximum atomic E-state index is 13.6. The normalized spacial score (nSPS) is 18.6. The first-order valence-electron chi connectivity index (χ1n) is 7.45. The lowest BCUT2D eigenvalue weighted by atomic mass is 9.99. The molecule has 0 radical (unpaired) electrons. The topological polar surface area (TPSA) is 68.0 Å². The van der Waals surface area contributed by atoms with E-state index in [-0.39, 0.29) is 17.8 Å². The van der Waals surface area contributed by atoms with E-state index in [1.54, 1.807) is 18.3 Å². The monoisotopic (exact) mass is 299 g/mol. The summed E-state index contributed by atoms with van der Waals surface area (Å²) in [6.45, 7) is 0. The van der Waals surface area contributed by atoms with Gasteiger partial charge in [-0.1, -0.05) is 6.42 Å². The molecule has 1 atom stereocenters. The van der Waals surface area contributed by atoms with Gasteiger partial charge in [-0.25, -0.2) is 4.39 Å². The number of fused-ring (bicyclic) bond motifs is 4. The minimum Gasteiger partial charge on any atom is -0.326 e. The molecule has 1 aliphatic heterocycles. The van der Waals surface area contributed by atoms with Crippen LogP contribution in [0.4, 0.5) is 10.1 Å². The van der Waals surface area contributed by atoms with Gasteiger partial charge in [-0.2, -0.15) is 0 Å². The smallest absolute Gasteiger partial charge is 0.224 e. The molecule has 2 heterocycles. The molecule has 1 aromatic heterocycles. The zero-order valence-corrected chi connectivity index (χ0v) is 12.2. The number of aromatic nitrogens is 1. The average Bonchev–Trinajstić information content (AvgIpc) is 2.52. The summed E-state index contributed by atoms with van der Waals surface area (Å²) in [6, 6.07) is 7.86. The molecule has 3 rings (SSSR count). The van der Waals surface area contributed by atoms with E-state index in [9.17, 15) is 9.18 Å². The maximum Gasteiger partial charge on any atom is 0.224 e. The molecule has 3 N–H and O–H groups in total. The van der Waals surface area contributed by atoms with Gasteiger partial charge in [0, 0.05) is 29.9 Å². The highest BCUT2D eigenvalue weighted by Gasteiger charge is 2.15. The molecule has 1 amide bonds. The Morgan fingerprint density at radius 3 is 2.95 bits per heavy atom. The second-order valence-corrected chi connectivity index (χ2v) is 5.56. The van der Waals surface area contributed by atoms with Gasteiger partial charge < -0.3 is 11.1 Å². The van der Waals surface area contributed by atoms with Crippen LogP contribution in [0.1, 0.15) is 37.4 Å². The minimum atomic E-state index is -0.345. The summed E-state index contributed by atoms with van der Waals surface area (Å²) in [7, 11) is 0. The van der Waals surface area contributed by atoms with Gasteiger partial charge in [-0.05, 0) is 48.7 Å². The summed E-state index contributed by atoms with van der Waals surface area (Å²) < 4.78 is 13.6. The predicted octanol–water partition coefficient (Wildman–Crippen LogP) is 3.40. The summed E-state index contributed by atoms with van der Waals surface area (Å²) in [5.41, 5.74) is 9.01. The van der Waals surface area contributed by atoms with Crippen molar-refractivity contribution in [3.8, 4) is 11.1 Å². The number of hydrogen-bond acceptors (Lipinski definition) is 3. The van der Waals surface area contributed by atoms with Gasteiger partial charge in [0.05, 0.1) is 5.69 Å². The standard InChI is InChI=1S/C17H18FN3O/c18-12-5-6-15-13(10-12)11-7-8-20-16(9-11)14(19)3-1-2-4-17(22)21-15/h5-10,14H,1-4,19H2,(H,21,22)/t14-/m0/s1. The first-order chi connectivity index (χ1) is 10.6. The SMILES string of the molecule is N[C@H]1CCCCC(=O)Nc2ccc(F)cc2-c2ccnc1c2. The van der Waals surface area contributed by atoms with Crippen LogP contribution in [0.5, 0.6) is 0 Å². The Balaban J connectivity index is 2.12. The van der Waals surface area contributed by atoms with Crippen molar-refractivity contribution in [2.45, 2.75) is 31.7 Å². The first kappa shape index (κ1) is 14.7. The van der Waals surface area contributed by atoms with Crippen LogP contribution in [0.15, 0.2) is 36.5 Å². The van der Waals surface area contributed by atoms with Crippen molar-refractivity contribution in [3.63, 3.8) is 0 Å². The van der Waals surface area contributed by atoms with Crippen molar-refractivity contribution in [1.82, 2.24) is 4.98 Å². The fourth-order valence-electron chi connectivity index (χ4n) is 2.69. The molecular formula is C17H18FN3O. The number of carbonyl (C=O) groups is 1. The average molecular weight is 299 g/mol. The van der Waals surface area contributed by atoms with Gasteiger partial charge in [0.25, 0.3) is 0 Å². The van der Waals surface area contributed by atoms with Crippen LogP contribution < -0.4 is 11.1 Å². The molecule has 1 aliphatic rings. The number of nitrogens with one attached hydrogen (secondary N) is 1. The van der Waals surface area contributed by atoms with Crippen LogP contribution in [0.2, 0.25) is 0 Å². The number of amides is 1. The number of anilines is 1. The molecule has 4 nitrogen and oxygen atoms in total. The van der Waals surface area contributed by atoms with Gasteiger partial charge in [-0.3, -0.25) is 9.78 Å². The number of halogens is 1. The molecule has 2 aromatic rings. The van der Waals surface area contributed by atoms with E-state index in [1.165, 1.54) is 12.1 Å². The van der Waals surface area contributed by atoms with E-state index in [0.29, 0.717) is 17.7 Å². The van der Waals surface area contributed by atoms with Crippen LogP contribution in [-0.2, 0) is 4.79 Å². The summed E-state index contributed by atoms with van der Waals surface area (Å²) in [4.78, 5) is 16.3. The third kappa shape index (κ3) is 3.14. The van der Waals surface area contributed by atoms with Gasteiger partial charge in [-0.15, -0.1) is 0 Å². The van der Waals surface area contributed by atoms with E-state index in [4.69, 9.17) is 5.73 Å². The lowest BCUT2D eigenvalue weighted by Gasteiger charge is -2.16. The van der Waals surface area contributed by atoms with Crippen molar-refractivity contribution in [2.75, 3.05) is 5.32 Å². The van der Waals surface area contributed by atoms with Crippen LogP contribution in [0.3, 0.4) is 0 Å². The first-order valence-corrected chi connectivity index (χ1v) is 7.45. The van der Waals surface area contributed by atoms with E-state index in [1.807, 2.05) is 6.07 Å². The lowest BCUT2D eigenvalue weighted by Crippen LogP contribution is -2.15. The second kappa shape index (κ2) is 6.23. The van der Waals surface area contributed by atoms with Gasteiger partial charge in [0.1, 0.15) is 5.82 Å². The van der Waals surface area contributed by atoms with E-state index in [2.05, 4.69) is 10.3 Å². The Morgan fingerprint density at radius 2 is 2.09 bits per heavy atom. The summed E-state index contributed by atoms with van der Waals surface area (Å²) in [5, 5.41) is 2.87. The molecule has 5 heteroatoms. The molecule has 0 unspecified atom stereocenters. The fourth-order valence-corrected chi connectivity index (χ4v) is 2.69. The number of carbonyl (C=O) groups excluding carboxylic acids is 1. The van der Waals surface area contributed by atoms with Crippen molar-refractivity contribution in [3.05, 3.63) is 48.0 Å². The van der Waals surface area contributed by atoms with Gasteiger partial charge >= 0.3 is 0 Å². The van der Waals surface area contributed by atoms with E-state index in [0.717, 1.165) is 30.5 Å². The van der Waals surface area contributed by atoms with Crippen molar-refractivity contribution < 1.29 is 9.18 Å². The van der Waals surface area contributed by atoms with E-state index >= 15 is 0 Å². The third-order valence-electron chi connectivity index (χ3n) is 3.90. The Hall–Kier alpha value is -2.27. The number of nitrogens with zero attached hydrogens (tertiary/aromatic N) is 1. The number of hydrogen-bond donors (Lipinski definition) is 2. The Bertz CT molecular complexity index is 702. The van der Waals surface area contributed by atoms with Crippen LogP contribution in [0, 0.1) is 5.82 Å². The Kier molecular flexibility index (Phi) is 4.15. The molecule has 0 aliphatic carbocycles. The van der Waals surface area contributed by atoms with Crippen molar-refractivity contribution in [1.29, 1.82) is 0 Å². The lowest BCUT2D eigenvalue weighted by molar-refractivity contribution is -0.116. The zero-order valence-electron chi connectivity index (χ0n) is 12.2. The molecule has 0 saturated carbocycles. The van der Waals surface area contributed by atoms with Gasteiger partial charge in [0.2, 0.25) is 5.91 Å². The Labute approximate surface area is 128 Å². The molecule has 114 valence electrons. The number of rotatable bonds is 0. The van der Waals surface area contributed by atoms with Crippen molar-refractivity contribution in [2.24, 2.45) is 5.73 Å². The largest absolute Gasteiger partial charge is 0.326 e.